The highest BCUT2D eigenvalue weighted by molar-refractivity contribution is 9.10. The van der Waals surface area contributed by atoms with Crippen LogP contribution in [0.5, 0.6) is 5.75 Å². The van der Waals surface area contributed by atoms with Gasteiger partial charge in [-0.1, -0.05) is 0 Å². The summed E-state index contributed by atoms with van der Waals surface area (Å²) in [7, 11) is 1.58. The Hall–Kier alpha value is -1.07. The molecule has 0 aliphatic heterocycles. The van der Waals surface area contributed by atoms with Gasteiger partial charge in [-0.25, -0.2) is 0 Å². The van der Waals surface area contributed by atoms with Crippen molar-refractivity contribution >= 4 is 21.8 Å². The largest absolute Gasteiger partial charge is 0.497 e. The highest BCUT2D eigenvalue weighted by atomic mass is 79.9. The Morgan fingerprint density at radius 1 is 1.35 bits per heavy atom. The fourth-order valence-electron chi connectivity index (χ4n) is 1.65. The third-order valence-corrected chi connectivity index (χ3v) is 3.42. The number of amides is 1. The van der Waals surface area contributed by atoms with Gasteiger partial charge in [0.25, 0.3) is 5.91 Å². The molecule has 1 aromatic rings. The molecule has 1 aromatic carbocycles. The molecule has 5 heteroatoms. The van der Waals surface area contributed by atoms with E-state index in [0.29, 0.717) is 17.9 Å². The lowest BCUT2D eigenvalue weighted by Gasteiger charge is -2.09. The lowest BCUT2D eigenvalue weighted by Crippen LogP contribution is -2.25. The SMILES string of the molecule is COc1ccc(Br)c(C(=O)NCCCCOC(C)C)c1. The number of hydrogen-bond donors (Lipinski definition) is 1. The van der Waals surface area contributed by atoms with Gasteiger partial charge in [0.15, 0.2) is 0 Å². The minimum atomic E-state index is -0.0967. The van der Waals surface area contributed by atoms with Crippen LogP contribution in [0, 0.1) is 0 Å². The second-order valence-corrected chi connectivity index (χ2v) is 5.58. The molecule has 0 saturated carbocycles. The van der Waals surface area contributed by atoms with Gasteiger partial charge in [-0.05, 0) is 60.8 Å². The van der Waals surface area contributed by atoms with Crippen LogP contribution >= 0.6 is 15.9 Å². The Bertz CT molecular complexity index is 435. The lowest BCUT2D eigenvalue weighted by molar-refractivity contribution is 0.0754. The van der Waals surface area contributed by atoms with Crippen LogP contribution in [0.1, 0.15) is 37.0 Å². The summed E-state index contributed by atoms with van der Waals surface area (Å²) in [5.41, 5.74) is 0.586. The van der Waals surface area contributed by atoms with Crippen molar-refractivity contribution in [2.45, 2.75) is 32.8 Å². The first kappa shape index (κ1) is 17.0. The number of halogens is 1. The van der Waals surface area contributed by atoms with Crippen molar-refractivity contribution in [3.05, 3.63) is 28.2 Å². The van der Waals surface area contributed by atoms with Gasteiger partial charge in [-0.2, -0.15) is 0 Å². The van der Waals surface area contributed by atoms with E-state index < -0.39 is 0 Å². The highest BCUT2D eigenvalue weighted by Crippen LogP contribution is 2.22. The first-order valence-electron chi connectivity index (χ1n) is 6.78. The number of carbonyl (C=O) groups excluding carboxylic acids is 1. The van der Waals surface area contributed by atoms with E-state index >= 15 is 0 Å². The number of nitrogens with one attached hydrogen (secondary N) is 1. The van der Waals surface area contributed by atoms with Crippen LogP contribution in [0.3, 0.4) is 0 Å². The Morgan fingerprint density at radius 3 is 2.75 bits per heavy atom. The molecule has 0 aliphatic rings. The van der Waals surface area contributed by atoms with E-state index in [1.807, 2.05) is 26.0 Å². The Morgan fingerprint density at radius 2 is 2.10 bits per heavy atom. The molecule has 0 heterocycles. The number of unbranched alkanes of at least 4 members (excludes halogenated alkanes) is 1. The molecule has 0 aliphatic carbocycles. The zero-order valence-electron chi connectivity index (χ0n) is 12.2. The van der Waals surface area contributed by atoms with Crippen molar-refractivity contribution in [2.24, 2.45) is 0 Å². The molecule has 0 radical (unpaired) electrons. The highest BCUT2D eigenvalue weighted by Gasteiger charge is 2.10. The maximum absolute atomic E-state index is 12.0. The molecule has 0 aromatic heterocycles. The van der Waals surface area contributed by atoms with Crippen LogP contribution < -0.4 is 10.1 Å². The summed E-state index contributed by atoms with van der Waals surface area (Å²) in [6.07, 6.45) is 2.11. The van der Waals surface area contributed by atoms with Gasteiger partial charge in [-0.3, -0.25) is 4.79 Å². The Labute approximate surface area is 129 Å². The second-order valence-electron chi connectivity index (χ2n) is 4.73. The Balaban J connectivity index is 2.36. The zero-order valence-corrected chi connectivity index (χ0v) is 13.8. The average molecular weight is 344 g/mol. The molecule has 0 fully saturated rings. The molecule has 4 nitrogen and oxygen atoms in total. The van der Waals surface area contributed by atoms with Crippen molar-refractivity contribution in [3.8, 4) is 5.75 Å². The van der Waals surface area contributed by atoms with Gasteiger partial charge in [0.1, 0.15) is 5.75 Å². The van der Waals surface area contributed by atoms with Crippen LogP contribution in [0.2, 0.25) is 0 Å². The van der Waals surface area contributed by atoms with E-state index in [0.717, 1.165) is 23.9 Å². The molecule has 1 N–H and O–H groups in total. The van der Waals surface area contributed by atoms with Gasteiger partial charge < -0.3 is 14.8 Å². The quantitative estimate of drug-likeness (QED) is 0.736. The Kier molecular flexibility index (Phi) is 7.62. The monoisotopic (exact) mass is 343 g/mol. The minimum Gasteiger partial charge on any atom is -0.497 e. The molecule has 112 valence electrons. The molecule has 1 rings (SSSR count). The number of carbonyl (C=O) groups is 1. The van der Waals surface area contributed by atoms with E-state index in [9.17, 15) is 4.79 Å². The van der Waals surface area contributed by atoms with Crippen LogP contribution in [0.15, 0.2) is 22.7 Å². The molecule has 0 unspecified atom stereocenters. The fraction of sp³-hybridized carbons (Fsp3) is 0.533. The maximum Gasteiger partial charge on any atom is 0.252 e. The topological polar surface area (TPSA) is 47.6 Å². The maximum atomic E-state index is 12.0. The van der Waals surface area contributed by atoms with Crippen LogP contribution in [0.4, 0.5) is 0 Å². The number of benzene rings is 1. The third kappa shape index (κ3) is 5.92. The van der Waals surface area contributed by atoms with Crippen molar-refractivity contribution in [3.63, 3.8) is 0 Å². The molecular formula is C15H22BrNO3. The summed E-state index contributed by atoms with van der Waals surface area (Å²) < 4.78 is 11.3. The summed E-state index contributed by atoms with van der Waals surface area (Å²) in [4.78, 5) is 12.0. The van der Waals surface area contributed by atoms with Gasteiger partial charge in [-0.15, -0.1) is 0 Å². The molecule has 0 spiro atoms. The second kappa shape index (κ2) is 8.97. The molecule has 20 heavy (non-hydrogen) atoms. The fourth-order valence-corrected chi connectivity index (χ4v) is 2.08. The number of ether oxygens (including phenoxy) is 2. The summed E-state index contributed by atoms with van der Waals surface area (Å²) in [6.45, 7) is 5.41. The minimum absolute atomic E-state index is 0.0967. The van der Waals surface area contributed by atoms with Gasteiger partial charge in [0.05, 0.1) is 18.8 Å². The molecular weight excluding hydrogens is 322 g/mol. The van der Waals surface area contributed by atoms with Crippen molar-refractivity contribution < 1.29 is 14.3 Å². The smallest absolute Gasteiger partial charge is 0.252 e. The van der Waals surface area contributed by atoms with Crippen molar-refractivity contribution in [1.29, 1.82) is 0 Å². The standard InChI is InChI=1S/C15H22BrNO3/c1-11(2)20-9-5-4-8-17-15(18)13-10-12(19-3)6-7-14(13)16/h6-7,10-11H,4-5,8-9H2,1-3H3,(H,17,18). The third-order valence-electron chi connectivity index (χ3n) is 2.73. The van der Waals surface area contributed by atoms with Gasteiger partial charge in [0.2, 0.25) is 0 Å². The van der Waals surface area contributed by atoms with Crippen LogP contribution in [-0.4, -0.2) is 32.3 Å². The average Bonchev–Trinajstić information content (AvgIpc) is 2.42. The molecule has 0 saturated heterocycles. The molecule has 0 atom stereocenters. The number of methoxy groups -OCH3 is 1. The summed E-state index contributed by atoms with van der Waals surface area (Å²) >= 11 is 3.37. The number of rotatable bonds is 8. The number of hydrogen-bond acceptors (Lipinski definition) is 3. The predicted molar refractivity (Wildman–Crippen MR) is 83.3 cm³/mol. The summed E-state index contributed by atoms with van der Waals surface area (Å²) in [6, 6.07) is 5.34. The van der Waals surface area contributed by atoms with E-state index in [-0.39, 0.29) is 12.0 Å². The van der Waals surface area contributed by atoms with Crippen molar-refractivity contribution in [1.82, 2.24) is 5.32 Å². The normalized spacial score (nSPS) is 10.7. The van der Waals surface area contributed by atoms with E-state index in [1.54, 1.807) is 13.2 Å². The molecule has 0 bridgehead atoms. The summed E-state index contributed by atoms with van der Waals surface area (Å²) in [5.74, 6) is 0.573. The summed E-state index contributed by atoms with van der Waals surface area (Å²) in [5, 5.41) is 2.90. The van der Waals surface area contributed by atoms with E-state index in [4.69, 9.17) is 9.47 Å². The van der Waals surface area contributed by atoms with Crippen LogP contribution in [0.25, 0.3) is 0 Å². The zero-order chi connectivity index (χ0) is 15.0. The van der Waals surface area contributed by atoms with Gasteiger partial charge >= 0.3 is 0 Å². The first-order valence-corrected chi connectivity index (χ1v) is 7.57. The van der Waals surface area contributed by atoms with E-state index in [1.165, 1.54) is 0 Å². The van der Waals surface area contributed by atoms with E-state index in [2.05, 4.69) is 21.2 Å². The lowest BCUT2D eigenvalue weighted by atomic mass is 10.2. The molecule has 1 amide bonds. The van der Waals surface area contributed by atoms with Gasteiger partial charge in [0, 0.05) is 17.6 Å². The van der Waals surface area contributed by atoms with Crippen molar-refractivity contribution in [2.75, 3.05) is 20.3 Å². The van der Waals surface area contributed by atoms with Crippen LogP contribution in [-0.2, 0) is 4.74 Å². The predicted octanol–water partition coefficient (Wildman–Crippen LogP) is 3.39. The first-order chi connectivity index (χ1) is 9.54.